The molecule has 0 amide bonds. The summed E-state index contributed by atoms with van der Waals surface area (Å²) in [7, 11) is 0. The van der Waals surface area contributed by atoms with E-state index in [9.17, 15) is 0 Å². The summed E-state index contributed by atoms with van der Waals surface area (Å²) in [6.45, 7) is 0. The number of hydrogen-bond acceptors (Lipinski definition) is 4. The van der Waals surface area contributed by atoms with E-state index >= 15 is 0 Å². The summed E-state index contributed by atoms with van der Waals surface area (Å²) in [5.41, 5.74) is 7.82. The average Bonchev–Trinajstić information content (AvgIpc) is 3.77. The molecule has 3 heterocycles. The molecule has 242 valence electrons. The maximum absolute atomic E-state index is 6.81. The highest BCUT2D eigenvalue weighted by Gasteiger charge is 2.22. The molecule has 0 aliphatic carbocycles. The number of benzene rings is 8. The SMILES string of the molecule is c1ccc(-c2nc(-c3ccccc3)nc(-c3cc4c(oc5cccc(-n6c7ccccc7c7c8ccccc8ccc76)c54)c4ccccc34)n2)cc1. The Bertz CT molecular complexity index is 3120. The molecule has 0 saturated carbocycles. The van der Waals surface area contributed by atoms with E-state index in [2.05, 4.69) is 114 Å². The number of aromatic nitrogens is 4. The first-order chi connectivity index (χ1) is 25.8. The molecular formula is C47H28N4O. The number of hydrogen-bond donors (Lipinski definition) is 0. The molecule has 5 nitrogen and oxygen atoms in total. The highest BCUT2D eigenvalue weighted by molar-refractivity contribution is 6.24. The number of para-hydroxylation sites is 1. The summed E-state index contributed by atoms with van der Waals surface area (Å²) in [6, 6.07) is 59.0. The van der Waals surface area contributed by atoms with E-state index in [1.54, 1.807) is 0 Å². The Labute approximate surface area is 298 Å². The monoisotopic (exact) mass is 664 g/mol. The Kier molecular flexibility index (Phi) is 6.18. The quantitative estimate of drug-likeness (QED) is 0.188. The minimum atomic E-state index is 0.612. The van der Waals surface area contributed by atoms with Gasteiger partial charge in [0.15, 0.2) is 17.5 Å². The van der Waals surface area contributed by atoms with Crippen molar-refractivity contribution < 1.29 is 4.42 Å². The van der Waals surface area contributed by atoms with Gasteiger partial charge in [0.25, 0.3) is 0 Å². The van der Waals surface area contributed by atoms with Gasteiger partial charge in [0.1, 0.15) is 11.2 Å². The Morgan fingerprint density at radius 3 is 1.77 bits per heavy atom. The van der Waals surface area contributed by atoms with Crippen LogP contribution in [-0.4, -0.2) is 19.5 Å². The highest BCUT2D eigenvalue weighted by atomic mass is 16.3. The lowest BCUT2D eigenvalue weighted by molar-refractivity contribution is 0.672. The second-order valence-corrected chi connectivity index (χ2v) is 13.2. The van der Waals surface area contributed by atoms with E-state index in [4.69, 9.17) is 19.4 Å². The fourth-order valence-corrected chi connectivity index (χ4v) is 7.93. The lowest BCUT2D eigenvalue weighted by Crippen LogP contribution is -2.00. The summed E-state index contributed by atoms with van der Waals surface area (Å²) in [5, 5.41) is 9.01. The van der Waals surface area contributed by atoms with Gasteiger partial charge >= 0.3 is 0 Å². The van der Waals surface area contributed by atoms with E-state index in [1.807, 2.05) is 60.7 Å². The van der Waals surface area contributed by atoms with Gasteiger partial charge in [0.2, 0.25) is 0 Å². The molecular weight excluding hydrogens is 637 g/mol. The van der Waals surface area contributed by atoms with Crippen LogP contribution in [0.2, 0.25) is 0 Å². The molecule has 0 fully saturated rings. The van der Waals surface area contributed by atoms with Crippen molar-refractivity contribution in [3.63, 3.8) is 0 Å². The van der Waals surface area contributed by atoms with E-state index in [0.29, 0.717) is 17.5 Å². The van der Waals surface area contributed by atoms with Crippen LogP contribution < -0.4 is 0 Å². The fourth-order valence-electron chi connectivity index (χ4n) is 7.93. The molecule has 0 bridgehead atoms. The van der Waals surface area contributed by atoms with Crippen LogP contribution in [0, 0.1) is 0 Å². The van der Waals surface area contributed by atoms with E-state index in [-0.39, 0.29) is 0 Å². The van der Waals surface area contributed by atoms with Crippen molar-refractivity contribution in [2.75, 3.05) is 0 Å². The van der Waals surface area contributed by atoms with Crippen molar-refractivity contribution in [2.24, 2.45) is 0 Å². The van der Waals surface area contributed by atoms with Crippen LogP contribution >= 0.6 is 0 Å². The maximum atomic E-state index is 6.81. The first kappa shape index (κ1) is 28.7. The predicted octanol–water partition coefficient (Wildman–Crippen LogP) is 12.2. The molecule has 0 aliphatic heterocycles. The molecule has 0 unspecified atom stereocenters. The van der Waals surface area contributed by atoms with E-state index in [0.717, 1.165) is 66.1 Å². The second-order valence-electron chi connectivity index (χ2n) is 13.2. The summed E-state index contributed by atoms with van der Waals surface area (Å²) in [4.78, 5) is 15.3. The van der Waals surface area contributed by atoms with Gasteiger partial charge in [0, 0.05) is 38.2 Å². The summed E-state index contributed by atoms with van der Waals surface area (Å²) in [6.07, 6.45) is 0. The van der Waals surface area contributed by atoms with Gasteiger partial charge in [-0.1, -0.05) is 140 Å². The molecule has 0 atom stereocenters. The minimum absolute atomic E-state index is 0.612. The zero-order valence-electron chi connectivity index (χ0n) is 27.9. The lowest BCUT2D eigenvalue weighted by Gasteiger charge is -2.12. The van der Waals surface area contributed by atoms with Crippen LogP contribution in [0.5, 0.6) is 0 Å². The molecule has 52 heavy (non-hydrogen) atoms. The average molecular weight is 665 g/mol. The molecule has 11 aromatic rings. The number of fused-ring (bicyclic) bond motifs is 10. The van der Waals surface area contributed by atoms with Crippen LogP contribution in [0.3, 0.4) is 0 Å². The summed E-state index contributed by atoms with van der Waals surface area (Å²) >= 11 is 0. The minimum Gasteiger partial charge on any atom is -0.455 e. The van der Waals surface area contributed by atoms with E-state index in [1.165, 1.54) is 21.5 Å². The van der Waals surface area contributed by atoms with Crippen LogP contribution in [0.1, 0.15) is 0 Å². The number of furan rings is 1. The van der Waals surface area contributed by atoms with Gasteiger partial charge < -0.3 is 8.98 Å². The smallest absolute Gasteiger partial charge is 0.164 e. The van der Waals surface area contributed by atoms with Crippen molar-refractivity contribution in [1.29, 1.82) is 0 Å². The maximum Gasteiger partial charge on any atom is 0.164 e. The Morgan fingerprint density at radius 1 is 0.404 bits per heavy atom. The van der Waals surface area contributed by atoms with Gasteiger partial charge in [0.05, 0.1) is 22.1 Å². The molecule has 0 spiro atoms. The normalized spacial score (nSPS) is 11.8. The Morgan fingerprint density at radius 2 is 1.02 bits per heavy atom. The molecule has 11 rings (SSSR count). The number of nitrogens with zero attached hydrogens (tertiary/aromatic N) is 4. The molecule has 0 radical (unpaired) electrons. The third-order valence-corrected chi connectivity index (χ3v) is 10.2. The van der Waals surface area contributed by atoms with Gasteiger partial charge in [-0.15, -0.1) is 0 Å². The predicted molar refractivity (Wildman–Crippen MR) is 213 cm³/mol. The first-order valence-corrected chi connectivity index (χ1v) is 17.5. The molecule has 5 heteroatoms. The van der Waals surface area contributed by atoms with Gasteiger partial charge in [-0.25, -0.2) is 15.0 Å². The van der Waals surface area contributed by atoms with Crippen molar-refractivity contribution in [1.82, 2.24) is 19.5 Å². The fraction of sp³-hybridized carbons (Fsp3) is 0. The van der Waals surface area contributed by atoms with E-state index < -0.39 is 0 Å². The number of rotatable bonds is 4. The topological polar surface area (TPSA) is 56.7 Å². The summed E-state index contributed by atoms with van der Waals surface area (Å²) in [5.74, 6) is 1.87. The molecule has 0 saturated heterocycles. The molecule has 0 aliphatic rings. The zero-order valence-corrected chi connectivity index (χ0v) is 27.9. The third-order valence-electron chi connectivity index (χ3n) is 10.2. The standard InChI is InChI=1S/C47H28N4O/c1-3-15-30(16-4-1)45-48-46(31-17-5-2-6-18-31)50-47(49-45)36-28-37-43-39(24-13-25-41(43)52-44(37)34-21-10-9-20-33(34)36)51-38-23-12-11-22-35(38)42-32-19-8-7-14-29(32)26-27-40(42)51/h1-28H. The van der Waals surface area contributed by atoms with Crippen LogP contribution in [0.15, 0.2) is 174 Å². The van der Waals surface area contributed by atoms with Gasteiger partial charge in [-0.3, -0.25) is 0 Å². The second kappa shape index (κ2) is 11.2. The van der Waals surface area contributed by atoms with Crippen molar-refractivity contribution in [2.45, 2.75) is 0 Å². The van der Waals surface area contributed by atoms with Crippen LogP contribution in [0.4, 0.5) is 0 Å². The van der Waals surface area contributed by atoms with Crippen LogP contribution in [-0.2, 0) is 0 Å². The van der Waals surface area contributed by atoms with Gasteiger partial charge in [-0.05, 0) is 46.5 Å². The lowest BCUT2D eigenvalue weighted by atomic mass is 9.99. The first-order valence-electron chi connectivity index (χ1n) is 17.5. The Balaban J connectivity index is 1.24. The highest BCUT2D eigenvalue weighted by Crippen LogP contribution is 2.44. The summed E-state index contributed by atoms with van der Waals surface area (Å²) < 4.78 is 9.21. The molecule has 3 aromatic heterocycles. The molecule has 0 N–H and O–H groups in total. The van der Waals surface area contributed by atoms with Crippen molar-refractivity contribution >= 4 is 65.3 Å². The largest absolute Gasteiger partial charge is 0.455 e. The Hall–Kier alpha value is -7.11. The van der Waals surface area contributed by atoms with Crippen LogP contribution in [0.25, 0.3) is 105 Å². The van der Waals surface area contributed by atoms with Gasteiger partial charge in [-0.2, -0.15) is 0 Å². The third kappa shape index (κ3) is 4.26. The zero-order chi connectivity index (χ0) is 34.2. The molecule has 8 aromatic carbocycles. The van der Waals surface area contributed by atoms with Crippen molar-refractivity contribution in [3.05, 3.63) is 170 Å². The van der Waals surface area contributed by atoms with Crippen molar-refractivity contribution in [3.8, 4) is 39.9 Å².